The molecular weight excluding hydrogens is 348 g/mol. The van der Waals surface area contributed by atoms with Gasteiger partial charge in [0, 0.05) is 31.5 Å². The fourth-order valence-corrected chi connectivity index (χ4v) is 2.45. The molecule has 0 bridgehead atoms. The molecule has 1 aromatic carbocycles. The highest BCUT2D eigenvalue weighted by Crippen LogP contribution is 2.09. The number of piperazine rings is 1. The van der Waals surface area contributed by atoms with Crippen molar-refractivity contribution in [2.24, 2.45) is 0 Å². The molecule has 1 atom stereocenters. The fourth-order valence-electron chi connectivity index (χ4n) is 2.45. The molecule has 1 fully saturated rings. The summed E-state index contributed by atoms with van der Waals surface area (Å²) >= 11 is 0. The lowest BCUT2D eigenvalue weighted by atomic mass is 10.2. The lowest BCUT2D eigenvalue weighted by Crippen LogP contribution is -2.51. The molecule has 0 aliphatic carbocycles. The van der Waals surface area contributed by atoms with Crippen LogP contribution in [0.15, 0.2) is 48.8 Å². The third kappa shape index (κ3) is 7.04. The maximum absolute atomic E-state index is 10.4. The molecule has 0 saturated carbocycles. The van der Waals surface area contributed by atoms with Crippen molar-refractivity contribution in [3.63, 3.8) is 0 Å². The average Bonchev–Trinajstić information content (AvgIpc) is 2.69. The number of carboxylic acids is 1. The van der Waals surface area contributed by atoms with E-state index in [0.717, 1.165) is 32.0 Å². The molecule has 1 aliphatic heterocycles. The second-order valence-corrected chi connectivity index (χ2v) is 5.98. The quantitative estimate of drug-likeness (QED) is 0.657. The second kappa shape index (κ2) is 10.9. The number of hydrogen-bond acceptors (Lipinski definition) is 6. The molecule has 1 unspecified atom stereocenters. The zero-order chi connectivity index (χ0) is 19.5. The van der Waals surface area contributed by atoms with Gasteiger partial charge in [-0.3, -0.25) is 14.7 Å². The Balaban J connectivity index is 0.000000199. The van der Waals surface area contributed by atoms with Gasteiger partial charge >= 0.3 is 5.97 Å². The summed E-state index contributed by atoms with van der Waals surface area (Å²) in [7, 11) is 2.14. The Labute approximate surface area is 158 Å². The van der Waals surface area contributed by atoms with Gasteiger partial charge < -0.3 is 20.5 Å². The minimum Gasteiger partial charge on any atom is -0.490 e. The van der Waals surface area contributed by atoms with E-state index in [1.54, 1.807) is 12.4 Å². The highest BCUT2D eigenvalue weighted by atomic mass is 16.5. The van der Waals surface area contributed by atoms with Crippen molar-refractivity contribution >= 4 is 18.1 Å². The first-order valence-corrected chi connectivity index (χ1v) is 8.57. The summed E-state index contributed by atoms with van der Waals surface area (Å²) in [4.78, 5) is 26.7. The smallest absolute Gasteiger partial charge is 0.335 e. The monoisotopic (exact) mass is 372 g/mol. The Bertz CT molecular complexity index is 709. The van der Waals surface area contributed by atoms with Crippen molar-refractivity contribution in [1.82, 2.24) is 15.2 Å². The molecule has 144 valence electrons. The number of nitrogens with zero attached hydrogens (tertiary/aromatic N) is 2. The highest BCUT2D eigenvalue weighted by molar-refractivity contribution is 5.88. The number of nitrogens with one attached hydrogen (secondary N) is 2. The third-order valence-electron chi connectivity index (χ3n) is 4.08. The standard InChI is InChI=1S/C11H17N3O.C8H7NO3/c1-14-6-5-13-7-10(14)9-15-11-3-2-4-12-8-11;10-5-9-7-3-1-6(2-4-7)8(11)12/h2-4,8,10,13H,5-7,9H2,1H3;1-5H,(H,9,10)(H,11,12). The molecule has 1 aromatic heterocycles. The molecule has 8 nitrogen and oxygen atoms in total. The number of amides is 1. The number of aromatic nitrogens is 1. The van der Waals surface area contributed by atoms with Crippen molar-refractivity contribution in [3.8, 4) is 5.75 Å². The summed E-state index contributed by atoms with van der Waals surface area (Å²) < 4.78 is 5.67. The number of carboxylic acid groups (broad SMARTS) is 1. The maximum Gasteiger partial charge on any atom is 0.335 e. The van der Waals surface area contributed by atoms with Crippen molar-refractivity contribution in [1.29, 1.82) is 0 Å². The van der Waals surface area contributed by atoms with Crippen LogP contribution in [0.3, 0.4) is 0 Å². The Morgan fingerprint density at radius 3 is 2.78 bits per heavy atom. The fraction of sp³-hybridized carbons (Fsp3) is 0.316. The molecule has 2 aromatic rings. The Kier molecular flexibility index (Phi) is 8.21. The van der Waals surface area contributed by atoms with Gasteiger partial charge in [-0.15, -0.1) is 0 Å². The Morgan fingerprint density at radius 1 is 1.41 bits per heavy atom. The number of ether oxygens (including phenoxy) is 1. The minimum atomic E-state index is -0.979. The molecular formula is C19H24N4O4. The SMILES string of the molecule is CN1CCNCC1COc1cccnc1.O=CNc1ccc(C(=O)O)cc1. The molecule has 1 aliphatic rings. The molecule has 8 heteroatoms. The van der Waals surface area contributed by atoms with E-state index >= 15 is 0 Å². The summed E-state index contributed by atoms with van der Waals surface area (Å²) in [5.41, 5.74) is 0.779. The number of aromatic carboxylic acids is 1. The Morgan fingerprint density at radius 2 is 2.19 bits per heavy atom. The van der Waals surface area contributed by atoms with Crippen LogP contribution in [0.2, 0.25) is 0 Å². The zero-order valence-electron chi connectivity index (χ0n) is 15.2. The largest absolute Gasteiger partial charge is 0.490 e. The maximum atomic E-state index is 10.4. The highest BCUT2D eigenvalue weighted by Gasteiger charge is 2.18. The van der Waals surface area contributed by atoms with Gasteiger partial charge in [-0.2, -0.15) is 0 Å². The molecule has 3 rings (SSSR count). The topological polar surface area (TPSA) is 104 Å². The first kappa shape index (κ1) is 20.3. The van der Waals surface area contributed by atoms with Crippen LogP contribution in [0.25, 0.3) is 0 Å². The van der Waals surface area contributed by atoms with Gasteiger partial charge in [-0.1, -0.05) is 0 Å². The summed E-state index contributed by atoms with van der Waals surface area (Å²) in [6.07, 6.45) is 4.03. The normalized spacial score (nSPS) is 16.6. The van der Waals surface area contributed by atoms with Crippen molar-refractivity contribution in [2.45, 2.75) is 6.04 Å². The van der Waals surface area contributed by atoms with Gasteiger partial charge in [0.05, 0.1) is 17.8 Å². The summed E-state index contributed by atoms with van der Waals surface area (Å²) in [6, 6.07) is 10.2. The first-order valence-electron chi connectivity index (χ1n) is 8.57. The van der Waals surface area contributed by atoms with Crippen LogP contribution in [0.4, 0.5) is 5.69 Å². The van der Waals surface area contributed by atoms with Gasteiger partial charge in [-0.25, -0.2) is 4.79 Å². The van der Waals surface area contributed by atoms with Crippen LogP contribution in [0.1, 0.15) is 10.4 Å². The zero-order valence-corrected chi connectivity index (χ0v) is 15.2. The molecule has 3 N–H and O–H groups in total. The van der Waals surface area contributed by atoms with E-state index in [9.17, 15) is 9.59 Å². The number of carbonyl (C=O) groups is 2. The van der Waals surface area contributed by atoms with E-state index in [0.29, 0.717) is 18.1 Å². The van der Waals surface area contributed by atoms with Crippen LogP contribution in [-0.4, -0.2) is 66.7 Å². The molecule has 1 amide bonds. The lowest BCUT2D eigenvalue weighted by Gasteiger charge is -2.32. The van der Waals surface area contributed by atoms with E-state index in [4.69, 9.17) is 9.84 Å². The van der Waals surface area contributed by atoms with Crippen LogP contribution in [0.5, 0.6) is 5.75 Å². The molecule has 1 saturated heterocycles. The van der Waals surface area contributed by atoms with Crippen LogP contribution >= 0.6 is 0 Å². The second-order valence-electron chi connectivity index (χ2n) is 5.98. The summed E-state index contributed by atoms with van der Waals surface area (Å²) in [5.74, 6) is -0.135. The van der Waals surface area contributed by atoms with Crippen LogP contribution in [0, 0.1) is 0 Å². The number of benzene rings is 1. The minimum absolute atomic E-state index is 0.200. The molecule has 27 heavy (non-hydrogen) atoms. The number of anilines is 1. The number of hydrogen-bond donors (Lipinski definition) is 3. The predicted molar refractivity (Wildman–Crippen MR) is 102 cm³/mol. The van der Waals surface area contributed by atoms with E-state index in [2.05, 4.69) is 27.6 Å². The third-order valence-corrected chi connectivity index (χ3v) is 4.08. The van der Waals surface area contributed by atoms with Gasteiger partial charge in [0.25, 0.3) is 0 Å². The summed E-state index contributed by atoms with van der Waals surface area (Å²) in [5, 5.41) is 14.3. The lowest BCUT2D eigenvalue weighted by molar-refractivity contribution is -0.105. The van der Waals surface area contributed by atoms with Gasteiger partial charge in [0.2, 0.25) is 6.41 Å². The molecule has 0 radical (unpaired) electrons. The number of carbonyl (C=O) groups excluding carboxylic acids is 1. The van der Waals surface area contributed by atoms with Gasteiger partial charge in [0.1, 0.15) is 12.4 Å². The van der Waals surface area contributed by atoms with Crippen LogP contribution in [-0.2, 0) is 4.79 Å². The summed E-state index contributed by atoms with van der Waals surface area (Å²) in [6.45, 7) is 3.87. The van der Waals surface area contributed by atoms with Crippen molar-refractivity contribution < 1.29 is 19.4 Å². The Hall–Kier alpha value is -2.97. The number of pyridine rings is 1. The van der Waals surface area contributed by atoms with E-state index in [1.807, 2.05) is 12.1 Å². The van der Waals surface area contributed by atoms with Gasteiger partial charge in [-0.05, 0) is 43.4 Å². The van der Waals surface area contributed by atoms with E-state index < -0.39 is 5.97 Å². The molecule has 2 heterocycles. The number of rotatable bonds is 6. The number of likely N-dealkylation sites (N-methyl/N-ethyl adjacent to an activating group) is 1. The average molecular weight is 372 g/mol. The van der Waals surface area contributed by atoms with E-state index in [-0.39, 0.29) is 5.56 Å². The van der Waals surface area contributed by atoms with Crippen LogP contribution < -0.4 is 15.4 Å². The predicted octanol–water partition coefficient (Wildman–Crippen LogP) is 1.32. The van der Waals surface area contributed by atoms with Crippen molar-refractivity contribution in [3.05, 3.63) is 54.4 Å². The van der Waals surface area contributed by atoms with Gasteiger partial charge in [0.15, 0.2) is 0 Å². The van der Waals surface area contributed by atoms with Crippen molar-refractivity contribution in [2.75, 3.05) is 38.6 Å². The van der Waals surface area contributed by atoms with E-state index in [1.165, 1.54) is 24.3 Å². The first-order chi connectivity index (χ1) is 13.1. The molecule has 0 spiro atoms.